The van der Waals surface area contributed by atoms with Gasteiger partial charge in [0, 0.05) is 16.3 Å². The molecular weight excluding hydrogens is 520 g/mol. The third-order valence-corrected chi connectivity index (χ3v) is 7.28. The minimum atomic E-state index is -0.914. The first-order valence-electron chi connectivity index (χ1n) is 12.4. The van der Waals surface area contributed by atoms with Crippen LogP contribution >= 0.6 is 11.6 Å². The lowest BCUT2D eigenvalue weighted by molar-refractivity contribution is -0.151. The molecule has 0 saturated carbocycles. The molecule has 0 aromatic heterocycles. The predicted molar refractivity (Wildman–Crippen MR) is 147 cm³/mol. The molecule has 2 N–H and O–H groups in total. The fourth-order valence-electron chi connectivity index (χ4n) is 5.08. The molecule has 8 nitrogen and oxygen atoms in total. The van der Waals surface area contributed by atoms with Crippen LogP contribution in [0.1, 0.15) is 35.3 Å². The second-order valence-electron chi connectivity index (χ2n) is 9.49. The third-order valence-electron chi connectivity index (χ3n) is 7.03. The highest BCUT2D eigenvalue weighted by Crippen LogP contribution is 2.45. The molecule has 39 heavy (non-hydrogen) atoms. The van der Waals surface area contributed by atoms with E-state index in [4.69, 9.17) is 25.8 Å². The van der Waals surface area contributed by atoms with Crippen LogP contribution in [0, 0.1) is 11.8 Å². The van der Waals surface area contributed by atoms with Crippen molar-refractivity contribution in [3.8, 4) is 11.5 Å². The van der Waals surface area contributed by atoms with E-state index in [9.17, 15) is 14.4 Å². The van der Waals surface area contributed by atoms with Crippen LogP contribution in [0.3, 0.4) is 0 Å². The smallest absolute Gasteiger partial charge is 0.343 e. The number of methoxy groups -OCH3 is 2. The molecular formula is C30H27ClN2O6. The van der Waals surface area contributed by atoms with Crippen molar-refractivity contribution in [3.63, 3.8) is 0 Å². The van der Waals surface area contributed by atoms with E-state index in [1.807, 2.05) is 31.2 Å². The molecule has 3 aromatic rings. The molecule has 2 aliphatic rings. The monoisotopic (exact) mass is 546 g/mol. The molecule has 0 amide bonds. The van der Waals surface area contributed by atoms with Gasteiger partial charge in [-0.05, 0) is 66.4 Å². The van der Waals surface area contributed by atoms with Gasteiger partial charge in [-0.1, -0.05) is 36.7 Å². The molecule has 0 saturated heterocycles. The molecule has 1 aliphatic heterocycles. The summed E-state index contributed by atoms with van der Waals surface area (Å²) in [5.74, 6) is -2.05. The second-order valence-corrected chi connectivity index (χ2v) is 9.93. The summed E-state index contributed by atoms with van der Waals surface area (Å²) in [6.45, 7) is 1.87. The summed E-state index contributed by atoms with van der Waals surface area (Å²) in [5, 5.41) is 7.40. The van der Waals surface area contributed by atoms with Crippen LogP contribution in [0.2, 0.25) is 5.02 Å². The van der Waals surface area contributed by atoms with E-state index in [1.165, 1.54) is 14.2 Å². The first kappa shape index (κ1) is 26.3. The van der Waals surface area contributed by atoms with Crippen molar-refractivity contribution in [1.82, 2.24) is 0 Å². The minimum absolute atomic E-state index is 0.221. The molecule has 9 heteroatoms. The van der Waals surface area contributed by atoms with Gasteiger partial charge in [0.15, 0.2) is 17.3 Å². The topological polar surface area (TPSA) is 103 Å². The third kappa shape index (κ3) is 5.07. The van der Waals surface area contributed by atoms with Crippen molar-refractivity contribution in [2.75, 3.05) is 24.9 Å². The van der Waals surface area contributed by atoms with Gasteiger partial charge in [-0.2, -0.15) is 0 Å². The van der Waals surface area contributed by atoms with Crippen molar-refractivity contribution in [3.05, 3.63) is 94.1 Å². The number of ketones is 1. The van der Waals surface area contributed by atoms with Gasteiger partial charge in [-0.3, -0.25) is 9.59 Å². The van der Waals surface area contributed by atoms with Gasteiger partial charge in [0.05, 0.1) is 37.2 Å². The number of ether oxygens (including phenoxy) is 3. The maximum atomic E-state index is 13.9. The highest BCUT2D eigenvalue weighted by atomic mass is 35.5. The predicted octanol–water partition coefficient (Wildman–Crippen LogP) is 5.80. The van der Waals surface area contributed by atoms with E-state index in [2.05, 4.69) is 10.6 Å². The summed E-state index contributed by atoms with van der Waals surface area (Å²) in [4.78, 5) is 39.2. The number of benzene rings is 3. The maximum absolute atomic E-state index is 13.9. The van der Waals surface area contributed by atoms with Crippen molar-refractivity contribution < 1.29 is 28.6 Å². The quantitative estimate of drug-likeness (QED) is 0.235. The Kier molecular flexibility index (Phi) is 7.30. The highest BCUT2D eigenvalue weighted by molar-refractivity contribution is 6.30. The normalized spacial score (nSPS) is 20.0. The summed E-state index contributed by atoms with van der Waals surface area (Å²) < 4.78 is 16.2. The van der Waals surface area contributed by atoms with Crippen LogP contribution in [-0.2, 0) is 14.3 Å². The molecule has 0 bridgehead atoms. The average molecular weight is 547 g/mol. The fraction of sp³-hybridized carbons (Fsp3) is 0.233. The van der Waals surface area contributed by atoms with Crippen molar-refractivity contribution >= 4 is 40.7 Å². The average Bonchev–Trinajstić information content (AvgIpc) is 3.10. The number of hydrogen-bond donors (Lipinski definition) is 2. The van der Waals surface area contributed by atoms with E-state index < -0.39 is 23.9 Å². The molecule has 0 fully saturated rings. The van der Waals surface area contributed by atoms with Crippen LogP contribution in [-0.4, -0.2) is 31.9 Å². The maximum Gasteiger partial charge on any atom is 0.343 e. The SMILES string of the molecule is COC(=O)[C@@H]1C(=O)C2=C(C[C@H]1C)Nc1ccccc1N[C@H]2c1ccc(OC(=O)c2ccc(Cl)cc2)c(OC)c1. The molecule has 0 spiro atoms. The number of carbonyl (C=O) groups is 3. The van der Waals surface area contributed by atoms with Crippen LogP contribution in [0.5, 0.6) is 11.5 Å². The number of fused-ring (bicyclic) bond motifs is 1. The zero-order valence-corrected chi connectivity index (χ0v) is 22.4. The standard InChI is InChI=1S/C30H27ClN2O6/c1-16-14-22-26(28(34)25(16)30(36)38-3)27(33-21-7-5-4-6-20(21)32-22)18-10-13-23(24(15-18)37-2)39-29(35)17-8-11-19(31)12-9-17/h4-13,15-16,25,27,32-33H,14H2,1-3H3/t16-,25+,27+/m1/s1. The first-order valence-corrected chi connectivity index (χ1v) is 12.8. The van der Waals surface area contributed by atoms with Gasteiger partial charge >= 0.3 is 11.9 Å². The van der Waals surface area contributed by atoms with Gasteiger partial charge in [0.1, 0.15) is 5.92 Å². The van der Waals surface area contributed by atoms with E-state index in [-0.39, 0.29) is 17.5 Å². The molecule has 1 heterocycles. The minimum Gasteiger partial charge on any atom is -0.493 e. The number of rotatable bonds is 5. The number of anilines is 2. The molecule has 200 valence electrons. The zero-order valence-electron chi connectivity index (χ0n) is 21.6. The Morgan fingerprint density at radius 3 is 2.36 bits per heavy atom. The molecule has 1 aliphatic carbocycles. The van der Waals surface area contributed by atoms with Crippen molar-refractivity contribution in [1.29, 1.82) is 0 Å². The van der Waals surface area contributed by atoms with Gasteiger partial charge < -0.3 is 24.8 Å². The van der Waals surface area contributed by atoms with Gasteiger partial charge in [0.25, 0.3) is 0 Å². The van der Waals surface area contributed by atoms with Crippen LogP contribution < -0.4 is 20.1 Å². The number of hydrogen-bond acceptors (Lipinski definition) is 8. The zero-order chi connectivity index (χ0) is 27.7. The lowest BCUT2D eigenvalue weighted by Gasteiger charge is -2.32. The highest BCUT2D eigenvalue weighted by Gasteiger charge is 2.44. The van der Waals surface area contributed by atoms with Crippen LogP contribution in [0.25, 0.3) is 0 Å². The van der Waals surface area contributed by atoms with Gasteiger partial charge in [-0.25, -0.2) is 4.79 Å². The molecule has 0 radical (unpaired) electrons. The molecule has 3 atom stereocenters. The van der Waals surface area contributed by atoms with E-state index in [0.717, 1.165) is 17.1 Å². The number of halogens is 1. The molecule has 5 rings (SSSR count). The number of Topliss-reactive ketones (excluding diaryl/α,β-unsaturated/α-hetero) is 1. The number of nitrogens with one attached hydrogen (secondary N) is 2. The Bertz CT molecular complexity index is 1480. The Morgan fingerprint density at radius 2 is 1.67 bits per heavy atom. The lowest BCUT2D eigenvalue weighted by atomic mass is 9.75. The summed E-state index contributed by atoms with van der Waals surface area (Å²) in [6.07, 6.45) is 0.487. The summed E-state index contributed by atoms with van der Waals surface area (Å²) in [5.41, 5.74) is 3.84. The number of para-hydroxylation sites is 2. The number of allylic oxidation sites excluding steroid dienone is 1. The fourth-order valence-corrected chi connectivity index (χ4v) is 5.20. The Labute approximate surface area is 230 Å². The lowest BCUT2D eigenvalue weighted by Crippen LogP contribution is -2.39. The number of esters is 2. The van der Waals surface area contributed by atoms with Gasteiger partial charge in [-0.15, -0.1) is 0 Å². The Morgan fingerprint density at radius 1 is 0.949 bits per heavy atom. The van der Waals surface area contributed by atoms with Crippen molar-refractivity contribution in [2.45, 2.75) is 19.4 Å². The second kappa shape index (κ2) is 10.8. The molecule has 3 aromatic carbocycles. The van der Waals surface area contributed by atoms with E-state index in [1.54, 1.807) is 42.5 Å². The summed E-state index contributed by atoms with van der Waals surface area (Å²) >= 11 is 5.92. The van der Waals surface area contributed by atoms with Crippen LogP contribution in [0.15, 0.2) is 78.0 Å². The van der Waals surface area contributed by atoms with Crippen LogP contribution in [0.4, 0.5) is 11.4 Å². The van der Waals surface area contributed by atoms with E-state index in [0.29, 0.717) is 33.9 Å². The number of carbonyl (C=O) groups excluding carboxylic acids is 3. The first-order chi connectivity index (χ1) is 18.8. The Hall–Kier alpha value is -4.30. The molecule has 0 unspecified atom stereocenters. The summed E-state index contributed by atoms with van der Waals surface area (Å²) in [6, 6.07) is 18.5. The van der Waals surface area contributed by atoms with Crippen molar-refractivity contribution in [2.24, 2.45) is 11.8 Å². The van der Waals surface area contributed by atoms with Gasteiger partial charge in [0.2, 0.25) is 0 Å². The Balaban J connectivity index is 1.55. The summed E-state index contributed by atoms with van der Waals surface area (Å²) in [7, 11) is 2.76. The largest absolute Gasteiger partial charge is 0.493 e. The van der Waals surface area contributed by atoms with E-state index >= 15 is 0 Å².